The highest BCUT2D eigenvalue weighted by Gasteiger charge is 2.27. The molecule has 3 rings (SSSR count). The van der Waals surface area contributed by atoms with Gasteiger partial charge in [0.15, 0.2) is 6.61 Å². The molecule has 0 spiro atoms. The predicted molar refractivity (Wildman–Crippen MR) is 128 cm³/mol. The summed E-state index contributed by atoms with van der Waals surface area (Å²) in [4.78, 5) is 26.4. The molecule has 184 valence electrons. The van der Waals surface area contributed by atoms with Crippen molar-refractivity contribution in [3.8, 4) is 5.75 Å². The summed E-state index contributed by atoms with van der Waals surface area (Å²) in [6.07, 6.45) is 4.45. The number of ether oxygens (including phenoxy) is 2. The highest BCUT2D eigenvalue weighted by molar-refractivity contribution is 7.89. The lowest BCUT2D eigenvalue weighted by Gasteiger charge is -2.18. The molecule has 0 aliphatic heterocycles. The molecule has 8 nitrogen and oxygen atoms in total. The Bertz CT molecular complexity index is 1110. The predicted octanol–water partition coefficient (Wildman–Crippen LogP) is 3.29. The van der Waals surface area contributed by atoms with E-state index >= 15 is 0 Å². The first-order valence-corrected chi connectivity index (χ1v) is 12.9. The average Bonchev–Trinajstić information content (AvgIpc) is 3.34. The molecule has 1 fully saturated rings. The fraction of sp³-hybridized carbons (Fsp3) is 0.440. The monoisotopic (exact) mass is 488 g/mol. The van der Waals surface area contributed by atoms with E-state index in [1.807, 2.05) is 24.3 Å². The molecular weight excluding hydrogens is 456 g/mol. The van der Waals surface area contributed by atoms with Crippen LogP contribution >= 0.6 is 0 Å². The van der Waals surface area contributed by atoms with Crippen LogP contribution in [0.25, 0.3) is 0 Å². The van der Waals surface area contributed by atoms with Gasteiger partial charge in [-0.15, -0.1) is 0 Å². The number of aryl methyl sites for hydroxylation is 1. The van der Waals surface area contributed by atoms with E-state index in [-0.39, 0.29) is 28.2 Å². The van der Waals surface area contributed by atoms with Gasteiger partial charge in [0.1, 0.15) is 10.6 Å². The summed E-state index contributed by atoms with van der Waals surface area (Å²) in [7, 11) is -0.882. The number of sulfonamides is 1. The molecule has 9 heteroatoms. The molecule has 1 amide bonds. The van der Waals surface area contributed by atoms with Crippen molar-refractivity contribution in [1.82, 2.24) is 9.62 Å². The smallest absolute Gasteiger partial charge is 0.338 e. The number of esters is 1. The molecule has 2 aromatic rings. The number of carbonyl (C=O) groups excluding carboxylic acids is 2. The number of methoxy groups -OCH3 is 1. The van der Waals surface area contributed by atoms with Crippen molar-refractivity contribution in [2.45, 2.75) is 56.5 Å². The molecule has 2 aromatic carbocycles. The van der Waals surface area contributed by atoms with Gasteiger partial charge >= 0.3 is 5.97 Å². The van der Waals surface area contributed by atoms with E-state index in [4.69, 9.17) is 9.47 Å². The van der Waals surface area contributed by atoms with Gasteiger partial charge in [-0.1, -0.05) is 44.0 Å². The number of nitrogens with zero attached hydrogens (tertiary/aromatic N) is 1. The van der Waals surface area contributed by atoms with E-state index in [0.717, 1.165) is 37.7 Å². The lowest BCUT2D eigenvalue weighted by molar-refractivity contribution is -0.133. The summed E-state index contributed by atoms with van der Waals surface area (Å²) in [6.45, 7) is 2.02. The minimum Gasteiger partial charge on any atom is -0.495 e. The van der Waals surface area contributed by atoms with Crippen LogP contribution in [0.4, 0.5) is 0 Å². The van der Waals surface area contributed by atoms with Gasteiger partial charge in [0.2, 0.25) is 10.0 Å². The Morgan fingerprint density at radius 3 is 2.32 bits per heavy atom. The number of hydrogen-bond donors (Lipinski definition) is 1. The van der Waals surface area contributed by atoms with Gasteiger partial charge in [0.05, 0.1) is 12.7 Å². The average molecular weight is 489 g/mol. The van der Waals surface area contributed by atoms with Crippen molar-refractivity contribution in [3.05, 3.63) is 59.2 Å². The maximum Gasteiger partial charge on any atom is 0.338 e. The molecular formula is C25H32N2O6S. The van der Waals surface area contributed by atoms with Crippen LogP contribution in [0.5, 0.6) is 5.75 Å². The molecule has 1 aliphatic carbocycles. The number of likely N-dealkylation sites (N-methyl/N-ethyl adjacent to an activating group) is 1. The van der Waals surface area contributed by atoms with E-state index in [9.17, 15) is 18.0 Å². The van der Waals surface area contributed by atoms with Crippen LogP contribution < -0.4 is 9.46 Å². The fourth-order valence-corrected chi connectivity index (χ4v) is 5.40. The van der Waals surface area contributed by atoms with Crippen LogP contribution in [-0.4, -0.2) is 52.0 Å². The molecule has 1 N–H and O–H groups in total. The van der Waals surface area contributed by atoms with E-state index in [1.54, 1.807) is 7.05 Å². The molecule has 0 unspecified atom stereocenters. The molecule has 0 saturated heterocycles. The Morgan fingerprint density at radius 1 is 1.06 bits per heavy atom. The van der Waals surface area contributed by atoms with Crippen LogP contribution in [0.3, 0.4) is 0 Å². The minimum absolute atomic E-state index is 0.0261. The molecule has 1 saturated carbocycles. The summed E-state index contributed by atoms with van der Waals surface area (Å²) in [6, 6.07) is 11.9. The van der Waals surface area contributed by atoms with Gasteiger partial charge in [0, 0.05) is 19.6 Å². The number of carbonyl (C=O) groups is 2. The number of nitrogens with one attached hydrogen (secondary N) is 1. The molecule has 0 aromatic heterocycles. The van der Waals surface area contributed by atoms with Gasteiger partial charge in [-0.25, -0.2) is 17.9 Å². The largest absolute Gasteiger partial charge is 0.495 e. The lowest BCUT2D eigenvalue weighted by atomic mass is 10.1. The van der Waals surface area contributed by atoms with Crippen LogP contribution in [0, 0.1) is 0 Å². The number of rotatable bonds is 10. The minimum atomic E-state index is -3.88. The topological polar surface area (TPSA) is 102 Å². The third kappa shape index (κ3) is 6.57. The molecule has 0 bridgehead atoms. The van der Waals surface area contributed by atoms with E-state index in [1.165, 1.54) is 35.8 Å². The number of hydrogen-bond acceptors (Lipinski definition) is 6. The molecule has 0 atom stereocenters. The Morgan fingerprint density at radius 2 is 1.71 bits per heavy atom. The first-order valence-electron chi connectivity index (χ1n) is 11.4. The lowest BCUT2D eigenvalue weighted by Crippen LogP contribution is -2.33. The zero-order valence-electron chi connectivity index (χ0n) is 19.9. The van der Waals surface area contributed by atoms with Crippen LogP contribution in [0.15, 0.2) is 47.4 Å². The Hall–Kier alpha value is -2.91. The van der Waals surface area contributed by atoms with Gasteiger partial charge in [-0.05, 0) is 48.6 Å². The molecule has 0 radical (unpaired) electrons. The maximum absolute atomic E-state index is 12.9. The third-order valence-electron chi connectivity index (χ3n) is 5.97. The zero-order chi connectivity index (χ0) is 24.7. The zero-order valence-corrected chi connectivity index (χ0v) is 20.7. The summed E-state index contributed by atoms with van der Waals surface area (Å²) in [5, 5.41) is 0. The fourth-order valence-electron chi connectivity index (χ4n) is 3.90. The van der Waals surface area contributed by atoms with Crippen molar-refractivity contribution in [1.29, 1.82) is 0 Å². The SMILES string of the molecule is CCc1ccc(CN(C)C(=O)COC(=O)c2ccc(OC)c(S(=O)(=O)NC3CCCC3)c2)cc1. The highest BCUT2D eigenvalue weighted by Crippen LogP contribution is 2.27. The Kier molecular flexibility index (Phi) is 8.68. The summed E-state index contributed by atoms with van der Waals surface area (Å²) in [5.41, 5.74) is 2.21. The maximum atomic E-state index is 12.9. The quantitative estimate of drug-likeness (QED) is 0.515. The van der Waals surface area contributed by atoms with Crippen molar-refractivity contribution < 1.29 is 27.5 Å². The van der Waals surface area contributed by atoms with Gasteiger partial charge in [-0.3, -0.25) is 4.79 Å². The first-order chi connectivity index (χ1) is 16.2. The van der Waals surface area contributed by atoms with Crippen LogP contribution in [-0.2, 0) is 32.5 Å². The number of benzene rings is 2. The van der Waals surface area contributed by atoms with Gasteiger partial charge in [0.25, 0.3) is 5.91 Å². The first kappa shape index (κ1) is 25.7. The summed E-state index contributed by atoms with van der Waals surface area (Å²) in [5.74, 6) is -1.02. The van der Waals surface area contributed by atoms with Crippen molar-refractivity contribution in [3.63, 3.8) is 0 Å². The van der Waals surface area contributed by atoms with E-state index < -0.39 is 22.6 Å². The van der Waals surface area contributed by atoms with Crippen molar-refractivity contribution in [2.75, 3.05) is 20.8 Å². The van der Waals surface area contributed by atoms with Crippen LogP contribution in [0.2, 0.25) is 0 Å². The second-order valence-electron chi connectivity index (χ2n) is 8.46. The second-order valence-corrected chi connectivity index (χ2v) is 10.1. The molecule has 0 heterocycles. The Labute approximate surface area is 201 Å². The van der Waals surface area contributed by atoms with Crippen molar-refractivity contribution >= 4 is 21.9 Å². The van der Waals surface area contributed by atoms with Gasteiger partial charge in [-0.2, -0.15) is 0 Å². The summed E-state index contributed by atoms with van der Waals surface area (Å²) >= 11 is 0. The normalized spacial score (nSPS) is 14.1. The standard InChI is InChI=1S/C25H32N2O6S/c1-4-18-9-11-19(12-10-18)16-27(2)24(28)17-33-25(29)20-13-14-22(32-3)23(15-20)34(30,31)26-21-7-5-6-8-21/h9-15,21,26H,4-8,16-17H2,1-3H3. The van der Waals surface area contributed by atoms with E-state index in [0.29, 0.717) is 6.54 Å². The summed E-state index contributed by atoms with van der Waals surface area (Å²) < 4.78 is 38.9. The van der Waals surface area contributed by atoms with E-state index in [2.05, 4.69) is 11.6 Å². The van der Waals surface area contributed by atoms with Crippen molar-refractivity contribution in [2.24, 2.45) is 0 Å². The Balaban J connectivity index is 1.63. The number of amides is 1. The molecule has 1 aliphatic rings. The molecule has 34 heavy (non-hydrogen) atoms. The van der Waals surface area contributed by atoms with Gasteiger partial charge < -0.3 is 14.4 Å². The van der Waals surface area contributed by atoms with Crippen LogP contribution in [0.1, 0.15) is 54.1 Å². The third-order valence-corrected chi connectivity index (χ3v) is 7.51. The highest BCUT2D eigenvalue weighted by atomic mass is 32.2. The second kappa shape index (κ2) is 11.5.